The van der Waals surface area contributed by atoms with E-state index in [4.69, 9.17) is 0 Å². The van der Waals surface area contributed by atoms with Crippen LogP contribution in [0, 0.1) is 0 Å². The zero-order valence-corrected chi connectivity index (χ0v) is 18.7. The summed E-state index contributed by atoms with van der Waals surface area (Å²) in [6, 6.07) is 16.4. The Morgan fingerprint density at radius 2 is 1.69 bits per heavy atom. The number of benzene rings is 1. The van der Waals surface area contributed by atoms with Crippen LogP contribution in [-0.4, -0.2) is 34.7 Å². The van der Waals surface area contributed by atoms with E-state index < -0.39 is 0 Å². The minimum absolute atomic E-state index is 0. The molecule has 3 rings (SSSR count). The number of rotatable bonds is 10. The largest absolute Gasteiger partial charge is 0.313 e. The van der Waals surface area contributed by atoms with Gasteiger partial charge in [0.2, 0.25) is 5.78 Å². The van der Waals surface area contributed by atoms with Gasteiger partial charge >= 0.3 is 0 Å². The third kappa shape index (κ3) is 5.49. The van der Waals surface area contributed by atoms with Crippen LogP contribution in [0.1, 0.15) is 60.8 Å². The molecular weight excluding hydrogens is 380 g/mol. The van der Waals surface area contributed by atoms with Crippen molar-refractivity contribution in [2.24, 2.45) is 0 Å². The summed E-state index contributed by atoms with van der Waals surface area (Å²) in [5.74, 6) is 0.115. The van der Waals surface area contributed by atoms with E-state index in [1.807, 2.05) is 34.9 Å². The molecule has 0 saturated carbocycles. The molecule has 2 heterocycles. The number of aryl methyl sites for hydroxylation is 2. The van der Waals surface area contributed by atoms with Gasteiger partial charge in [0, 0.05) is 17.3 Å². The number of aromatic nitrogens is 1. The van der Waals surface area contributed by atoms with Crippen LogP contribution in [0.4, 0.5) is 0 Å². The van der Waals surface area contributed by atoms with E-state index in [1.165, 1.54) is 5.56 Å². The third-order valence-electron chi connectivity index (χ3n) is 5.54. The molecule has 0 aliphatic heterocycles. The second-order valence-corrected chi connectivity index (χ2v) is 7.42. The maximum Gasteiger partial charge on any atom is 0.210 e. The van der Waals surface area contributed by atoms with Crippen molar-refractivity contribution in [3.05, 3.63) is 77.1 Å². The first-order valence-electron chi connectivity index (χ1n) is 10.6. The van der Waals surface area contributed by atoms with Gasteiger partial charge in [-0.2, -0.15) is 0 Å². The van der Waals surface area contributed by atoms with E-state index >= 15 is 0 Å². The summed E-state index contributed by atoms with van der Waals surface area (Å²) < 4.78 is 2.03. The number of halogens is 1. The van der Waals surface area contributed by atoms with Gasteiger partial charge in [-0.05, 0) is 68.2 Å². The van der Waals surface area contributed by atoms with Crippen molar-refractivity contribution in [2.75, 3.05) is 19.6 Å². The summed E-state index contributed by atoms with van der Waals surface area (Å²) in [5.41, 5.74) is 5.11. The summed E-state index contributed by atoms with van der Waals surface area (Å²) >= 11 is 0. The van der Waals surface area contributed by atoms with E-state index in [9.17, 15) is 4.79 Å². The molecule has 0 amide bonds. The van der Waals surface area contributed by atoms with Crippen molar-refractivity contribution < 1.29 is 4.79 Å². The van der Waals surface area contributed by atoms with Crippen molar-refractivity contribution in [2.45, 2.75) is 46.5 Å². The smallest absolute Gasteiger partial charge is 0.210 e. The number of hydrogen-bond donors (Lipinski definition) is 0. The van der Waals surface area contributed by atoms with E-state index in [-0.39, 0.29) is 18.2 Å². The van der Waals surface area contributed by atoms with Crippen LogP contribution in [0.15, 0.2) is 54.7 Å². The highest BCUT2D eigenvalue weighted by Gasteiger charge is 2.18. The Morgan fingerprint density at radius 3 is 2.34 bits per heavy atom. The van der Waals surface area contributed by atoms with Gasteiger partial charge in [0.05, 0.1) is 5.69 Å². The number of ketones is 1. The second kappa shape index (κ2) is 11.2. The summed E-state index contributed by atoms with van der Waals surface area (Å²) in [7, 11) is 0. The maximum atomic E-state index is 13.3. The standard InChI is InChI=1S/C25H32N2O.ClH/c1-4-10-22-19-23-12-7-8-18-27(23)24(22)25(28)21-15-13-20(14-16-21)11-9-17-26(5-2)6-3;/h7-8,12-16,18-19H,4-6,9-11,17H2,1-3H3;1H. The molecule has 4 heteroatoms. The Balaban J connectivity index is 0.00000300. The van der Waals surface area contributed by atoms with Crippen molar-refractivity contribution >= 4 is 23.7 Å². The fraction of sp³-hybridized carbons (Fsp3) is 0.400. The van der Waals surface area contributed by atoms with Crippen molar-refractivity contribution in [3.8, 4) is 0 Å². The number of fused-ring (bicyclic) bond motifs is 1. The van der Waals surface area contributed by atoms with Crippen molar-refractivity contribution in [1.29, 1.82) is 0 Å². The maximum absolute atomic E-state index is 13.3. The molecule has 3 nitrogen and oxygen atoms in total. The Kier molecular flexibility index (Phi) is 8.94. The molecule has 3 aromatic rings. The first-order chi connectivity index (χ1) is 13.7. The van der Waals surface area contributed by atoms with Crippen LogP contribution in [0.5, 0.6) is 0 Å². The lowest BCUT2D eigenvalue weighted by Crippen LogP contribution is -2.24. The Bertz CT molecular complexity index is 910. The molecular formula is C25H33ClN2O. The molecule has 2 aromatic heterocycles. The summed E-state index contributed by atoms with van der Waals surface area (Å²) in [6.07, 6.45) is 6.15. The highest BCUT2D eigenvalue weighted by Crippen LogP contribution is 2.22. The van der Waals surface area contributed by atoms with Gasteiger partial charge in [-0.15, -0.1) is 12.4 Å². The minimum Gasteiger partial charge on any atom is -0.313 e. The normalized spacial score (nSPS) is 11.0. The quantitative estimate of drug-likeness (QED) is 0.392. The summed E-state index contributed by atoms with van der Waals surface area (Å²) in [6.45, 7) is 9.92. The Labute approximate surface area is 181 Å². The first kappa shape index (κ1) is 23.2. The van der Waals surface area contributed by atoms with Crippen LogP contribution in [0.2, 0.25) is 0 Å². The van der Waals surface area contributed by atoms with Crippen LogP contribution in [0.25, 0.3) is 5.52 Å². The van der Waals surface area contributed by atoms with Gasteiger partial charge < -0.3 is 9.30 Å². The topological polar surface area (TPSA) is 24.7 Å². The first-order valence-corrected chi connectivity index (χ1v) is 10.6. The van der Waals surface area contributed by atoms with Gasteiger partial charge in [0.25, 0.3) is 0 Å². The number of pyridine rings is 1. The Morgan fingerprint density at radius 1 is 0.966 bits per heavy atom. The highest BCUT2D eigenvalue weighted by molar-refractivity contribution is 6.09. The second-order valence-electron chi connectivity index (χ2n) is 7.42. The predicted octanol–water partition coefficient (Wildman–Crippen LogP) is 5.82. The van der Waals surface area contributed by atoms with Crippen molar-refractivity contribution in [3.63, 3.8) is 0 Å². The summed E-state index contributed by atoms with van der Waals surface area (Å²) in [4.78, 5) is 15.7. The van der Waals surface area contributed by atoms with E-state index in [2.05, 4.69) is 49.9 Å². The molecule has 0 fully saturated rings. The molecule has 0 radical (unpaired) electrons. The molecule has 0 atom stereocenters. The van der Waals surface area contributed by atoms with Gasteiger partial charge in [0.15, 0.2) is 0 Å². The fourth-order valence-electron chi connectivity index (χ4n) is 3.90. The van der Waals surface area contributed by atoms with E-state index in [1.54, 1.807) is 0 Å². The molecule has 1 aromatic carbocycles. The van der Waals surface area contributed by atoms with Gasteiger partial charge in [-0.25, -0.2) is 0 Å². The molecule has 0 spiro atoms. The average Bonchev–Trinajstić information content (AvgIpc) is 3.09. The lowest BCUT2D eigenvalue weighted by molar-refractivity contribution is 0.103. The number of carbonyl (C=O) groups excluding carboxylic acids is 1. The van der Waals surface area contributed by atoms with Gasteiger partial charge in [0.1, 0.15) is 0 Å². The lowest BCUT2D eigenvalue weighted by Gasteiger charge is -2.17. The van der Waals surface area contributed by atoms with E-state index in [0.717, 1.165) is 67.7 Å². The van der Waals surface area contributed by atoms with Crippen LogP contribution in [-0.2, 0) is 12.8 Å². The zero-order valence-electron chi connectivity index (χ0n) is 17.9. The van der Waals surface area contributed by atoms with Crippen LogP contribution in [0.3, 0.4) is 0 Å². The highest BCUT2D eigenvalue weighted by atomic mass is 35.5. The molecule has 156 valence electrons. The zero-order chi connectivity index (χ0) is 19.9. The molecule has 0 aliphatic carbocycles. The van der Waals surface area contributed by atoms with E-state index in [0.29, 0.717) is 0 Å². The summed E-state index contributed by atoms with van der Waals surface area (Å²) in [5, 5.41) is 0. The SMILES string of the molecule is CCCc1cc2ccccn2c1C(=O)c1ccc(CCCN(CC)CC)cc1.Cl. The average molecular weight is 413 g/mol. The number of nitrogens with zero attached hydrogens (tertiary/aromatic N) is 2. The van der Waals surface area contributed by atoms with Crippen LogP contribution >= 0.6 is 12.4 Å². The Hall–Kier alpha value is -2.10. The molecule has 29 heavy (non-hydrogen) atoms. The monoisotopic (exact) mass is 412 g/mol. The van der Waals surface area contributed by atoms with Gasteiger partial charge in [-0.1, -0.05) is 57.5 Å². The minimum atomic E-state index is 0. The van der Waals surface area contributed by atoms with Gasteiger partial charge in [-0.3, -0.25) is 4.79 Å². The predicted molar refractivity (Wildman–Crippen MR) is 125 cm³/mol. The fourth-order valence-corrected chi connectivity index (χ4v) is 3.90. The lowest BCUT2D eigenvalue weighted by atomic mass is 10.0. The van der Waals surface area contributed by atoms with Crippen molar-refractivity contribution in [1.82, 2.24) is 9.30 Å². The molecule has 0 aliphatic rings. The molecule has 0 unspecified atom stereocenters. The third-order valence-corrected chi connectivity index (χ3v) is 5.54. The van der Waals surface area contributed by atoms with Crippen LogP contribution < -0.4 is 0 Å². The number of carbonyl (C=O) groups is 1. The number of hydrogen-bond acceptors (Lipinski definition) is 2. The molecule has 0 saturated heterocycles. The molecule has 0 bridgehead atoms. The molecule has 0 N–H and O–H groups in total.